The van der Waals surface area contributed by atoms with E-state index in [1.807, 2.05) is 7.05 Å². The summed E-state index contributed by atoms with van der Waals surface area (Å²) in [4.78, 5) is 6.92. The van der Waals surface area contributed by atoms with Crippen LogP contribution in [0.3, 0.4) is 0 Å². The molecule has 0 amide bonds. The molecule has 1 saturated carbocycles. The molecule has 0 radical (unpaired) electrons. The SMILES string of the molecule is CCN1CCC(CNC(=NC)NCC2(c3cccc(Br)c3)CC2)C1. The Morgan fingerprint density at radius 1 is 1.38 bits per heavy atom. The number of aliphatic imine (C=N–C) groups is 1. The summed E-state index contributed by atoms with van der Waals surface area (Å²) in [5, 5.41) is 7.07. The van der Waals surface area contributed by atoms with Crippen LogP contribution in [0.25, 0.3) is 0 Å². The molecule has 2 fully saturated rings. The number of benzene rings is 1. The van der Waals surface area contributed by atoms with Gasteiger partial charge in [-0.2, -0.15) is 0 Å². The lowest BCUT2D eigenvalue weighted by Gasteiger charge is -2.20. The maximum atomic E-state index is 4.40. The van der Waals surface area contributed by atoms with Crippen molar-refractivity contribution in [2.24, 2.45) is 10.9 Å². The van der Waals surface area contributed by atoms with E-state index in [-0.39, 0.29) is 5.41 Å². The zero-order valence-electron chi connectivity index (χ0n) is 14.8. The first-order valence-corrected chi connectivity index (χ1v) is 9.87. The van der Waals surface area contributed by atoms with Gasteiger partial charge in [-0.3, -0.25) is 4.99 Å². The Balaban J connectivity index is 1.48. The van der Waals surface area contributed by atoms with E-state index >= 15 is 0 Å². The standard InChI is InChI=1S/C19H29BrN4/c1-3-24-10-7-15(13-24)12-22-18(21-2)23-14-19(8-9-19)16-5-4-6-17(20)11-16/h4-6,11,15H,3,7-10,12-14H2,1-2H3,(H2,21,22,23). The third-order valence-corrected chi connectivity index (χ3v) is 5.98. The molecule has 1 unspecified atom stereocenters. The van der Waals surface area contributed by atoms with Crippen molar-refractivity contribution < 1.29 is 0 Å². The minimum absolute atomic E-state index is 0.285. The van der Waals surface area contributed by atoms with Gasteiger partial charge in [0, 0.05) is 36.6 Å². The van der Waals surface area contributed by atoms with Gasteiger partial charge in [0.05, 0.1) is 0 Å². The molecule has 24 heavy (non-hydrogen) atoms. The quantitative estimate of drug-likeness (QED) is 0.577. The minimum atomic E-state index is 0.285. The Hall–Kier alpha value is -1.07. The first kappa shape index (κ1) is 17.7. The van der Waals surface area contributed by atoms with Gasteiger partial charge in [0.25, 0.3) is 0 Å². The van der Waals surface area contributed by atoms with E-state index in [0.717, 1.165) is 29.4 Å². The fourth-order valence-corrected chi connectivity index (χ4v) is 4.02. The maximum absolute atomic E-state index is 4.40. The lowest BCUT2D eigenvalue weighted by molar-refractivity contribution is 0.341. The van der Waals surface area contributed by atoms with E-state index in [4.69, 9.17) is 0 Å². The number of nitrogens with one attached hydrogen (secondary N) is 2. The fraction of sp³-hybridized carbons (Fsp3) is 0.632. The number of likely N-dealkylation sites (tertiary alicyclic amines) is 1. The highest BCUT2D eigenvalue weighted by Gasteiger charge is 2.44. The number of hydrogen-bond donors (Lipinski definition) is 2. The molecule has 3 rings (SSSR count). The molecule has 4 nitrogen and oxygen atoms in total. The Morgan fingerprint density at radius 2 is 2.21 bits per heavy atom. The monoisotopic (exact) mass is 392 g/mol. The number of rotatable bonds is 6. The molecule has 5 heteroatoms. The molecule has 132 valence electrons. The molecular weight excluding hydrogens is 364 g/mol. The van der Waals surface area contributed by atoms with Crippen molar-refractivity contribution >= 4 is 21.9 Å². The molecule has 1 aliphatic carbocycles. The van der Waals surface area contributed by atoms with E-state index in [0.29, 0.717) is 0 Å². The zero-order valence-corrected chi connectivity index (χ0v) is 16.4. The summed E-state index contributed by atoms with van der Waals surface area (Å²) in [6, 6.07) is 8.72. The van der Waals surface area contributed by atoms with Crippen LogP contribution in [0.2, 0.25) is 0 Å². The fourth-order valence-electron chi connectivity index (χ4n) is 3.62. The molecule has 2 aliphatic rings. The van der Waals surface area contributed by atoms with Crippen LogP contribution in [0.1, 0.15) is 31.7 Å². The van der Waals surface area contributed by atoms with Crippen LogP contribution < -0.4 is 10.6 Å². The molecule has 1 heterocycles. The lowest BCUT2D eigenvalue weighted by atomic mass is 9.96. The highest BCUT2D eigenvalue weighted by atomic mass is 79.9. The second-order valence-electron chi connectivity index (χ2n) is 7.15. The lowest BCUT2D eigenvalue weighted by Crippen LogP contribution is -2.43. The van der Waals surface area contributed by atoms with E-state index < -0.39 is 0 Å². The van der Waals surface area contributed by atoms with Crippen LogP contribution in [0, 0.1) is 5.92 Å². The van der Waals surface area contributed by atoms with Crippen LogP contribution in [-0.2, 0) is 5.41 Å². The van der Waals surface area contributed by atoms with E-state index in [1.54, 1.807) is 0 Å². The topological polar surface area (TPSA) is 39.7 Å². The van der Waals surface area contributed by atoms with E-state index in [1.165, 1.54) is 44.5 Å². The van der Waals surface area contributed by atoms with Gasteiger partial charge in [-0.05, 0) is 56.0 Å². The molecular formula is C19H29BrN4. The molecule has 1 aromatic rings. The summed E-state index contributed by atoms with van der Waals surface area (Å²) in [7, 11) is 1.86. The molecule has 1 aromatic carbocycles. The summed E-state index contributed by atoms with van der Waals surface area (Å²) in [6.07, 6.45) is 3.79. The van der Waals surface area contributed by atoms with Gasteiger partial charge >= 0.3 is 0 Å². The van der Waals surface area contributed by atoms with Crippen molar-refractivity contribution in [3.8, 4) is 0 Å². The van der Waals surface area contributed by atoms with Gasteiger partial charge in [-0.25, -0.2) is 0 Å². The second-order valence-corrected chi connectivity index (χ2v) is 8.06. The number of halogens is 1. The van der Waals surface area contributed by atoms with Gasteiger partial charge in [-0.1, -0.05) is 35.0 Å². The van der Waals surface area contributed by atoms with Crippen LogP contribution in [0.15, 0.2) is 33.7 Å². The van der Waals surface area contributed by atoms with Gasteiger partial charge in [0.15, 0.2) is 5.96 Å². The molecule has 0 spiro atoms. The molecule has 2 N–H and O–H groups in total. The van der Waals surface area contributed by atoms with Crippen molar-refractivity contribution in [2.45, 2.75) is 31.6 Å². The van der Waals surface area contributed by atoms with Crippen molar-refractivity contribution in [3.05, 3.63) is 34.3 Å². The van der Waals surface area contributed by atoms with Crippen LogP contribution >= 0.6 is 15.9 Å². The van der Waals surface area contributed by atoms with Gasteiger partial charge < -0.3 is 15.5 Å². The minimum Gasteiger partial charge on any atom is -0.356 e. The average molecular weight is 393 g/mol. The Kier molecular flexibility index (Phi) is 5.82. The Labute approximate surface area is 154 Å². The Bertz CT molecular complexity index is 582. The molecule has 1 aliphatic heterocycles. The summed E-state index contributed by atoms with van der Waals surface area (Å²) >= 11 is 3.59. The molecule has 1 atom stereocenters. The predicted octanol–water partition coefficient (Wildman–Crippen LogP) is 2.99. The van der Waals surface area contributed by atoms with Gasteiger partial charge in [0.2, 0.25) is 0 Å². The second kappa shape index (κ2) is 7.87. The zero-order chi connectivity index (χ0) is 17.0. The molecule has 0 aromatic heterocycles. The summed E-state index contributed by atoms with van der Waals surface area (Å²) in [6.45, 7) is 7.82. The van der Waals surface area contributed by atoms with E-state index in [2.05, 4.69) is 67.6 Å². The first-order chi connectivity index (χ1) is 11.6. The highest BCUT2D eigenvalue weighted by Crippen LogP contribution is 2.48. The largest absolute Gasteiger partial charge is 0.356 e. The first-order valence-electron chi connectivity index (χ1n) is 9.08. The van der Waals surface area contributed by atoms with Crippen LogP contribution in [0.4, 0.5) is 0 Å². The maximum Gasteiger partial charge on any atom is 0.191 e. The summed E-state index contributed by atoms with van der Waals surface area (Å²) in [5.41, 5.74) is 1.71. The molecule has 0 bridgehead atoms. The van der Waals surface area contributed by atoms with Crippen molar-refractivity contribution in [3.63, 3.8) is 0 Å². The van der Waals surface area contributed by atoms with Crippen LogP contribution in [0.5, 0.6) is 0 Å². The molecule has 1 saturated heterocycles. The average Bonchev–Trinajstić information content (AvgIpc) is 3.25. The third kappa shape index (κ3) is 4.31. The van der Waals surface area contributed by atoms with E-state index in [9.17, 15) is 0 Å². The summed E-state index contributed by atoms with van der Waals surface area (Å²) in [5.74, 6) is 1.68. The number of guanidine groups is 1. The van der Waals surface area contributed by atoms with Crippen molar-refractivity contribution in [1.82, 2.24) is 15.5 Å². The van der Waals surface area contributed by atoms with Gasteiger partial charge in [-0.15, -0.1) is 0 Å². The number of nitrogens with zero attached hydrogens (tertiary/aromatic N) is 2. The number of hydrogen-bond acceptors (Lipinski definition) is 2. The summed E-state index contributed by atoms with van der Waals surface area (Å²) < 4.78 is 1.16. The smallest absolute Gasteiger partial charge is 0.191 e. The Morgan fingerprint density at radius 3 is 2.83 bits per heavy atom. The van der Waals surface area contributed by atoms with Crippen molar-refractivity contribution in [1.29, 1.82) is 0 Å². The predicted molar refractivity (Wildman–Crippen MR) is 105 cm³/mol. The van der Waals surface area contributed by atoms with Gasteiger partial charge in [0.1, 0.15) is 0 Å². The van der Waals surface area contributed by atoms with Crippen molar-refractivity contribution in [2.75, 3.05) is 39.8 Å². The normalized spacial score (nSPS) is 23.3. The third-order valence-electron chi connectivity index (χ3n) is 5.48. The highest BCUT2D eigenvalue weighted by molar-refractivity contribution is 9.10. The van der Waals surface area contributed by atoms with Crippen LogP contribution in [-0.4, -0.2) is 50.6 Å².